The van der Waals surface area contributed by atoms with Gasteiger partial charge in [0.25, 0.3) is 5.91 Å². The van der Waals surface area contributed by atoms with E-state index in [0.717, 1.165) is 31.7 Å². The zero-order valence-corrected chi connectivity index (χ0v) is 13.7. The number of alkyl halides is 3. The first-order valence-electron chi connectivity index (χ1n) is 8.29. The summed E-state index contributed by atoms with van der Waals surface area (Å²) in [5.41, 5.74) is -0.439. The van der Waals surface area contributed by atoms with Gasteiger partial charge in [0.15, 0.2) is 5.69 Å². The van der Waals surface area contributed by atoms with Crippen molar-refractivity contribution in [2.45, 2.75) is 38.4 Å². The molecule has 0 radical (unpaired) electrons. The lowest BCUT2D eigenvalue weighted by Gasteiger charge is -2.18. The Labute approximate surface area is 143 Å². The van der Waals surface area contributed by atoms with Crippen LogP contribution in [0.3, 0.4) is 0 Å². The van der Waals surface area contributed by atoms with E-state index in [1.807, 2.05) is 0 Å². The number of rotatable bonds is 3. The predicted molar refractivity (Wildman–Crippen MR) is 84.9 cm³/mol. The second-order valence-corrected chi connectivity index (χ2v) is 6.16. The molecule has 0 saturated carbocycles. The topological polar surface area (TPSA) is 51.0 Å². The van der Waals surface area contributed by atoms with E-state index >= 15 is 0 Å². The highest BCUT2D eigenvalue weighted by atomic mass is 19.4. The molecule has 134 valence electrons. The minimum absolute atomic E-state index is 0.0873. The average molecular weight is 352 g/mol. The Morgan fingerprint density at radius 2 is 1.76 bits per heavy atom. The van der Waals surface area contributed by atoms with E-state index in [2.05, 4.69) is 10.3 Å². The average Bonchev–Trinajstić information content (AvgIpc) is 2.87. The Morgan fingerprint density at radius 1 is 1.08 bits per heavy atom. The third-order valence-electron chi connectivity index (χ3n) is 4.31. The standard InChI is InChI=1S/C17H19F3N4O/c18-17(19,20)14-8-4-3-7-13(14)11-24-12-15(21-22-24)16(25)23-9-5-1-2-6-10-23/h3-4,7-8,12H,1-2,5-6,9-11H2. The van der Waals surface area contributed by atoms with Crippen molar-refractivity contribution < 1.29 is 18.0 Å². The molecule has 1 fully saturated rings. The van der Waals surface area contributed by atoms with Crippen molar-refractivity contribution in [3.05, 3.63) is 47.3 Å². The second-order valence-electron chi connectivity index (χ2n) is 6.16. The predicted octanol–water partition coefficient (Wildman–Crippen LogP) is 3.36. The minimum atomic E-state index is -4.43. The molecule has 1 aliphatic rings. The van der Waals surface area contributed by atoms with Crippen molar-refractivity contribution in [3.63, 3.8) is 0 Å². The normalized spacial score (nSPS) is 15.9. The number of nitrogens with zero attached hydrogens (tertiary/aromatic N) is 4. The number of carbonyl (C=O) groups excluding carboxylic acids is 1. The number of aromatic nitrogens is 3. The second kappa shape index (κ2) is 7.25. The SMILES string of the molecule is O=C(c1cn(Cc2ccccc2C(F)(F)F)nn1)N1CCCCCC1. The van der Waals surface area contributed by atoms with Crippen LogP contribution in [0.5, 0.6) is 0 Å². The summed E-state index contributed by atoms with van der Waals surface area (Å²) in [6, 6.07) is 5.34. The molecule has 0 unspecified atom stereocenters. The number of amides is 1. The zero-order chi connectivity index (χ0) is 17.9. The Hall–Kier alpha value is -2.38. The van der Waals surface area contributed by atoms with Crippen LogP contribution in [-0.2, 0) is 12.7 Å². The minimum Gasteiger partial charge on any atom is -0.337 e. The molecule has 1 aromatic heterocycles. The lowest BCUT2D eigenvalue weighted by Crippen LogP contribution is -2.32. The van der Waals surface area contributed by atoms with Crippen LogP contribution in [0, 0.1) is 0 Å². The van der Waals surface area contributed by atoms with Gasteiger partial charge >= 0.3 is 6.18 Å². The fourth-order valence-electron chi connectivity index (χ4n) is 3.02. The van der Waals surface area contributed by atoms with E-state index in [1.165, 1.54) is 23.0 Å². The molecule has 0 bridgehead atoms. The van der Waals surface area contributed by atoms with Gasteiger partial charge in [-0.3, -0.25) is 4.79 Å². The van der Waals surface area contributed by atoms with E-state index in [1.54, 1.807) is 11.0 Å². The Balaban J connectivity index is 1.75. The quantitative estimate of drug-likeness (QED) is 0.851. The molecule has 0 spiro atoms. The summed E-state index contributed by atoms with van der Waals surface area (Å²) in [5.74, 6) is -0.211. The van der Waals surface area contributed by atoms with Crippen molar-refractivity contribution in [2.75, 3.05) is 13.1 Å². The van der Waals surface area contributed by atoms with Gasteiger partial charge < -0.3 is 4.90 Å². The van der Waals surface area contributed by atoms with Gasteiger partial charge in [-0.1, -0.05) is 36.3 Å². The fourth-order valence-corrected chi connectivity index (χ4v) is 3.02. The Morgan fingerprint density at radius 3 is 2.44 bits per heavy atom. The number of likely N-dealkylation sites (tertiary alicyclic amines) is 1. The maximum atomic E-state index is 13.1. The first kappa shape index (κ1) is 17.4. The van der Waals surface area contributed by atoms with E-state index in [9.17, 15) is 18.0 Å². The molecule has 2 aromatic rings. The molecular formula is C17H19F3N4O. The van der Waals surface area contributed by atoms with Gasteiger partial charge in [0, 0.05) is 13.1 Å². The maximum absolute atomic E-state index is 13.1. The summed E-state index contributed by atoms with van der Waals surface area (Å²) in [7, 11) is 0. The van der Waals surface area contributed by atoms with Crippen LogP contribution < -0.4 is 0 Å². The van der Waals surface area contributed by atoms with Crippen LogP contribution >= 0.6 is 0 Å². The molecule has 1 aliphatic heterocycles. The molecule has 1 amide bonds. The molecule has 5 nitrogen and oxygen atoms in total. The summed E-state index contributed by atoms with van der Waals surface area (Å²) in [6.07, 6.45) is 1.11. The van der Waals surface area contributed by atoms with E-state index < -0.39 is 11.7 Å². The zero-order valence-electron chi connectivity index (χ0n) is 13.7. The van der Waals surface area contributed by atoms with E-state index in [4.69, 9.17) is 0 Å². The summed E-state index contributed by atoms with van der Waals surface area (Å²) in [4.78, 5) is 14.2. The van der Waals surface area contributed by atoms with Crippen LogP contribution in [0.2, 0.25) is 0 Å². The molecule has 8 heteroatoms. The van der Waals surface area contributed by atoms with Crippen LogP contribution in [-0.4, -0.2) is 38.9 Å². The van der Waals surface area contributed by atoms with Crippen molar-refractivity contribution in [1.29, 1.82) is 0 Å². The van der Waals surface area contributed by atoms with Gasteiger partial charge in [0.2, 0.25) is 0 Å². The van der Waals surface area contributed by atoms with Crippen molar-refractivity contribution in [1.82, 2.24) is 19.9 Å². The number of halogens is 3. The monoisotopic (exact) mass is 352 g/mol. The van der Waals surface area contributed by atoms with Crippen LogP contribution in [0.1, 0.15) is 47.3 Å². The van der Waals surface area contributed by atoms with Crippen LogP contribution in [0.4, 0.5) is 13.2 Å². The molecule has 0 atom stereocenters. The summed E-state index contributed by atoms with van der Waals surface area (Å²) in [5, 5.41) is 7.68. The largest absolute Gasteiger partial charge is 0.416 e. The van der Waals surface area contributed by atoms with Gasteiger partial charge in [0.05, 0.1) is 18.3 Å². The molecule has 25 heavy (non-hydrogen) atoms. The lowest BCUT2D eigenvalue weighted by atomic mass is 10.1. The molecule has 2 heterocycles. The highest BCUT2D eigenvalue weighted by Crippen LogP contribution is 2.32. The molecule has 1 aromatic carbocycles. The van der Waals surface area contributed by atoms with Crippen LogP contribution in [0.15, 0.2) is 30.5 Å². The third-order valence-corrected chi connectivity index (χ3v) is 4.31. The molecule has 1 saturated heterocycles. The molecule has 0 N–H and O–H groups in total. The van der Waals surface area contributed by atoms with E-state index in [0.29, 0.717) is 13.1 Å². The molecular weight excluding hydrogens is 333 g/mol. The van der Waals surface area contributed by atoms with Gasteiger partial charge in [-0.15, -0.1) is 5.10 Å². The summed E-state index contributed by atoms with van der Waals surface area (Å²) in [6.45, 7) is 1.28. The Bertz CT molecular complexity index is 733. The number of hydrogen-bond acceptors (Lipinski definition) is 3. The number of benzene rings is 1. The lowest BCUT2D eigenvalue weighted by molar-refractivity contribution is -0.138. The highest BCUT2D eigenvalue weighted by Gasteiger charge is 2.33. The van der Waals surface area contributed by atoms with Crippen molar-refractivity contribution in [3.8, 4) is 0 Å². The highest BCUT2D eigenvalue weighted by molar-refractivity contribution is 5.91. The summed E-state index contributed by atoms with van der Waals surface area (Å²) < 4.78 is 40.5. The third kappa shape index (κ3) is 4.18. The van der Waals surface area contributed by atoms with Crippen molar-refractivity contribution >= 4 is 5.91 Å². The van der Waals surface area contributed by atoms with Gasteiger partial charge in [-0.25, -0.2) is 4.68 Å². The van der Waals surface area contributed by atoms with Gasteiger partial charge in [-0.05, 0) is 24.5 Å². The first-order chi connectivity index (χ1) is 11.9. The van der Waals surface area contributed by atoms with Crippen LogP contribution in [0.25, 0.3) is 0 Å². The molecule has 3 rings (SSSR count). The van der Waals surface area contributed by atoms with Gasteiger partial charge in [0.1, 0.15) is 0 Å². The summed E-state index contributed by atoms with van der Waals surface area (Å²) >= 11 is 0. The fraction of sp³-hybridized carbons (Fsp3) is 0.471. The van der Waals surface area contributed by atoms with E-state index in [-0.39, 0.29) is 23.7 Å². The van der Waals surface area contributed by atoms with Gasteiger partial charge in [-0.2, -0.15) is 13.2 Å². The molecule has 0 aliphatic carbocycles. The number of hydrogen-bond donors (Lipinski definition) is 0. The number of carbonyl (C=O) groups is 1. The maximum Gasteiger partial charge on any atom is 0.416 e. The smallest absolute Gasteiger partial charge is 0.337 e. The Kier molecular flexibility index (Phi) is 5.06. The van der Waals surface area contributed by atoms with Crippen molar-refractivity contribution in [2.24, 2.45) is 0 Å². The first-order valence-corrected chi connectivity index (χ1v) is 8.29.